The number of aromatic nitrogens is 3. The summed E-state index contributed by atoms with van der Waals surface area (Å²) in [6, 6.07) is 16.1. The minimum absolute atomic E-state index is 0.0486. The van der Waals surface area contributed by atoms with E-state index in [4.69, 9.17) is 9.72 Å². The number of piperidine rings is 1. The van der Waals surface area contributed by atoms with Gasteiger partial charge in [0, 0.05) is 49.2 Å². The average molecular weight is 502 g/mol. The van der Waals surface area contributed by atoms with Gasteiger partial charge in [0.05, 0.1) is 16.7 Å². The minimum Gasteiger partial charge on any atom is -0.444 e. The first kappa shape index (κ1) is 24.9. The molecule has 0 bridgehead atoms. The largest absolute Gasteiger partial charge is 0.444 e. The molecule has 8 nitrogen and oxygen atoms in total. The Morgan fingerprint density at radius 2 is 1.89 bits per heavy atom. The Morgan fingerprint density at radius 1 is 1.11 bits per heavy atom. The van der Waals surface area contributed by atoms with E-state index in [-0.39, 0.29) is 11.9 Å². The maximum absolute atomic E-state index is 13.4. The summed E-state index contributed by atoms with van der Waals surface area (Å²) in [5.74, 6) is 0.824. The molecule has 0 unspecified atom stereocenters. The normalized spacial score (nSPS) is 16.4. The van der Waals surface area contributed by atoms with Crippen LogP contribution in [0.1, 0.15) is 50.9 Å². The van der Waals surface area contributed by atoms with Crippen LogP contribution in [0.3, 0.4) is 0 Å². The summed E-state index contributed by atoms with van der Waals surface area (Å²) in [6.07, 6.45) is 1.19. The summed E-state index contributed by atoms with van der Waals surface area (Å²) in [5.41, 5.74) is 4.05. The molecule has 1 aliphatic rings. The topological polar surface area (TPSA) is 81.4 Å². The second kappa shape index (κ2) is 9.57. The van der Waals surface area contributed by atoms with Crippen molar-refractivity contribution in [1.29, 1.82) is 0 Å². The van der Waals surface area contributed by atoms with Gasteiger partial charge >= 0.3 is 6.09 Å². The van der Waals surface area contributed by atoms with Crippen molar-refractivity contribution in [2.24, 2.45) is 7.05 Å². The summed E-state index contributed by atoms with van der Waals surface area (Å²) >= 11 is 0. The molecule has 1 N–H and O–H groups in total. The number of ether oxygens (including phenoxy) is 1. The lowest BCUT2D eigenvalue weighted by Gasteiger charge is -2.33. The fraction of sp³-hybridized carbons (Fsp3) is 0.414. The Kier molecular flexibility index (Phi) is 6.43. The Morgan fingerprint density at radius 3 is 2.65 bits per heavy atom. The van der Waals surface area contributed by atoms with Crippen molar-refractivity contribution in [3.8, 4) is 11.5 Å². The molecule has 1 fully saturated rings. The second-order valence-corrected chi connectivity index (χ2v) is 10.8. The number of hydrogen-bond donors (Lipinski definition) is 1. The van der Waals surface area contributed by atoms with Crippen molar-refractivity contribution >= 4 is 33.9 Å². The Balaban J connectivity index is 1.39. The number of hydrogen-bond acceptors (Lipinski definition) is 4. The highest BCUT2D eigenvalue weighted by Crippen LogP contribution is 2.30. The van der Waals surface area contributed by atoms with Crippen LogP contribution >= 0.6 is 0 Å². The molecule has 2 amide bonds. The highest BCUT2D eigenvalue weighted by Gasteiger charge is 2.28. The molecule has 8 heteroatoms. The molecule has 194 valence electrons. The van der Waals surface area contributed by atoms with Crippen LogP contribution in [-0.4, -0.2) is 55.8 Å². The van der Waals surface area contributed by atoms with E-state index in [2.05, 4.69) is 45.6 Å². The van der Waals surface area contributed by atoms with Gasteiger partial charge in [-0.1, -0.05) is 18.2 Å². The summed E-state index contributed by atoms with van der Waals surface area (Å²) in [6.45, 7) is 9.61. The molecule has 3 heterocycles. The van der Waals surface area contributed by atoms with Gasteiger partial charge < -0.3 is 24.1 Å². The number of carbonyl (C=O) groups is 2. The van der Waals surface area contributed by atoms with Gasteiger partial charge in [-0.2, -0.15) is 0 Å². The number of imidazole rings is 1. The predicted octanol–water partition coefficient (Wildman–Crippen LogP) is 5.34. The Bertz CT molecular complexity index is 1480. The monoisotopic (exact) mass is 501 g/mol. The molecule has 0 aliphatic carbocycles. The zero-order valence-corrected chi connectivity index (χ0v) is 22.2. The van der Waals surface area contributed by atoms with Crippen LogP contribution in [0.5, 0.6) is 0 Å². The smallest absolute Gasteiger partial charge is 0.407 e. The number of nitrogens with zero attached hydrogens (tertiary/aromatic N) is 4. The van der Waals surface area contributed by atoms with Crippen molar-refractivity contribution in [2.45, 2.75) is 58.7 Å². The van der Waals surface area contributed by atoms with Gasteiger partial charge in [0.1, 0.15) is 5.60 Å². The molecule has 4 aromatic rings. The number of rotatable bonds is 4. The molecule has 1 saturated heterocycles. The maximum atomic E-state index is 13.4. The molecule has 37 heavy (non-hydrogen) atoms. The van der Waals surface area contributed by atoms with Gasteiger partial charge in [0.25, 0.3) is 5.91 Å². The molecular formula is C29H35N5O3. The number of alkyl carbamates (subject to hydrolysis) is 1. The molecule has 0 saturated carbocycles. The van der Waals surface area contributed by atoms with Gasteiger partial charge in [-0.15, -0.1) is 0 Å². The number of amides is 2. The average Bonchev–Trinajstić information content (AvgIpc) is 3.39. The number of benzene rings is 2. The first-order valence-corrected chi connectivity index (χ1v) is 13.0. The third kappa shape index (κ3) is 4.92. The lowest BCUT2D eigenvalue weighted by molar-refractivity contribution is 0.0452. The van der Waals surface area contributed by atoms with Crippen molar-refractivity contribution in [3.05, 3.63) is 54.1 Å². The number of fused-ring (bicyclic) bond motifs is 2. The third-order valence-corrected chi connectivity index (χ3v) is 6.91. The number of likely N-dealkylation sites (tertiary alicyclic amines) is 1. The zero-order chi connectivity index (χ0) is 26.3. The lowest BCUT2D eigenvalue weighted by atomic mass is 10.0. The highest BCUT2D eigenvalue weighted by molar-refractivity contribution is 5.98. The van der Waals surface area contributed by atoms with Crippen LogP contribution < -0.4 is 5.32 Å². The summed E-state index contributed by atoms with van der Waals surface area (Å²) in [7, 11) is 2.02. The fourth-order valence-electron chi connectivity index (χ4n) is 5.23. The summed E-state index contributed by atoms with van der Waals surface area (Å²) < 4.78 is 9.75. The SMILES string of the molecule is CCn1c(-c2nc3cc(C(=O)N4CCC[C@@H](NC(=O)OC(C)(C)C)C4)ccc3n2C)cc2ccccc21. The van der Waals surface area contributed by atoms with Crippen molar-refractivity contribution in [1.82, 2.24) is 24.3 Å². The van der Waals surface area contributed by atoms with E-state index in [9.17, 15) is 9.59 Å². The molecule has 1 aliphatic heterocycles. The van der Waals surface area contributed by atoms with Crippen LogP contribution in [0.2, 0.25) is 0 Å². The predicted molar refractivity (Wildman–Crippen MR) is 146 cm³/mol. The molecule has 5 rings (SSSR count). The third-order valence-electron chi connectivity index (χ3n) is 6.91. The minimum atomic E-state index is -0.559. The molecule has 1 atom stereocenters. The van der Waals surface area contributed by atoms with Crippen LogP contribution in [0.4, 0.5) is 4.79 Å². The first-order chi connectivity index (χ1) is 17.6. The van der Waals surface area contributed by atoms with Gasteiger partial charge in [0.15, 0.2) is 5.82 Å². The number of nitrogens with one attached hydrogen (secondary N) is 1. The van der Waals surface area contributed by atoms with E-state index < -0.39 is 11.7 Å². The second-order valence-electron chi connectivity index (χ2n) is 10.8. The molecular weight excluding hydrogens is 466 g/mol. The Hall–Kier alpha value is -3.81. The van der Waals surface area contributed by atoms with Gasteiger partial charge in [-0.25, -0.2) is 9.78 Å². The number of carbonyl (C=O) groups excluding carboxylic acids is 2. The first-order valence-electron chi connectivity index (χ1n) is 13.0. The van der Waals surface area contributed by atoms with Crippen molar-refractivity contribution in [2.75, 3.05) is 13.1 Å². The standard InChI is InChI=1S/C29H35N5O3/c1-6-34-23-12-8-7-10-19(23)17-25(34)26-31-22-16-20(13-14-24(22)32(26)5)27(35)33-15-9-11-21(18-33)30-28(36)37-29(2,3)4/h7-8,10,12-14,16-17,21H,6,9,11,15,18H2,1-5H3,(H,30,36)/t21-/m1/s1. The Labute approximate surface area is 217 Å². The van der Waals surface area contributed by atoms with E-state index in [1.807, 2.05) is 57.0 Å². The molecule has 2 aromatic heterocycles. The van der Waals surface area contributed by atoms with Gasteiger partial charge in [-0.3, -0.25) is 4.79 Å². The van der Waals surface area contributed by atoms with Crippen LogP contribution in [0, 0.1) is 0 Å². The molecule has 0 spiro atoms. The highest BCUT2D eigenvalue weighted by atomic mass is 16.6. The zero-order valence-electron chi connectivity index (χ0n) is 22.2. The van der Waals surface area contributed by atoms with E-state index in [1.165, 1.54) is 10.9 Å². The van der Waals surface area contributed by atoms with Gasteiger partial charge in [0.2, 0.25) is 0 Å². The van der Waals surface area contributed by atoms with Gasteiger partial charge in [-0.05, 0) is 70.9 Å². The van der Waals surface area contributed by atoms with Crippen molar-refractivity contribution < 1.29 is 14.3 Å². The van der Waals surface area contributed by atoms with Crippen LogP contribution in [0.25, 0.3) is 33.5 Å². The quantitative estimate of drug-likeness (QED) is 0.409. The summed E-state index contributed by atoms with van der Waals surface area (Å²) in [4.78, 5) is 32.4. The van der Waals surface area contributed by atoms with Crippen LogP contribution in [-0.2, 0) is 18.3 Å². The summed E-state index contributed by atoms with van der Waals surface area (Å²) in [5, 5.41) is 4.10. The van der Waals surface area contributed by atoms with E-state index in [1.54, 1.807) is 0 Å². The maximum Gasteiger partial charge on any atom is 0.407 e. The molecule has 0 radical (unpaired) electrons. The fourth-order valence-corrected chi connectivity index (χ4v) is 5.23. The number of aryl methyl sites for hydroxylation is 2. The number of para-hydroxylation sites is 1. The van der Waals surface area contributed by atoms with E-state index in [0.717, 1.165) is 41.9 Å². The van der Waals surface area contributed by atoms with E-state index in [0.29, 0.717) is 18.7 Å². The van der Waals surface area contributed by atoms with Crippen LogP contribution in [0.15, 0.2) is 48.5 Å². The molecule has 2 aromatic carbocycles. The van der Waals surface area contributed by atoms with E-state index >= 15 is 0 Å². The van der Waals surface area contributed by atoms with Crippen molar-refractivity contribution in [3.63, 3.8) is 0 Å². The lowest BCUT2D eigenvalue weighted by Crippen LogP contribution is -2.50.